The first kappa shape index (κ1) is 13.2. The Hall–Kier alpha value is -0.860. The van der Waals surface area contributed by atoms with Crippen molar-refractivity contribution in [3.8, 4) is 0 Å². The topological polar surface area (TPSA) is 21.3 Å². The number of nitrogens with one attached hydrogen (secondary N) is 1. The maximum atomic E-state index is 5.17. The monoisotopic (exact) mass is 221 g/mol. The molecule has 0 aliphatic carbocycles. The highest BCUT2D eigenvalue weighted by atomic mass is 16.5. The maximum absolute atomic E-state index is 5.17. The first-order valence-corrected chi connectivity index (χ1v) is 5.89. The first-order valence-electron chi connectivity index (χ1n) is 5.89. The van der Waals surface area contributed by atoms with Gasteiger partial charge in [-0.2, -0.15) is 0 Å². The highest BCUT2D eigenvalue weighted by Crippen LogP contribution is 2.08. The molecule has 1 rings (SSSR count). The molecule has 0 radical (unpaired) electrons. The summed E-state index contributed by atoms with van der Waals surface area (Å²) in [6.07, 6.45) is 1.10. The van der Waals surface area contributed by atoms with Crippen molar-refractivity contribution < 1.29 is 4.74 Å². The van der Waals surface area contributed by atoms with Gasteiger partial charge in [0, 0.05) is 19.2 Å². The van der Waals surface area contributed by atoms with Crippen molar-refractivity contribution in [2.45, 2.75) is 39.3 Å². The summed E-state index contributed by atoms with van der Waals surface area (Å²) >= 11 is 0. The summed E-state index contributed by atoms with van der Waals surface area (Å²) in [6.45, 7) is 8.09. The van der Waals surface area contributed by atoms with Gasteiger partial charge in [0.15, 0.2) is 0 Å². The van der Waals surface area contributed by atoms with Gasteiger partial charge in [0.2, 0.25) is 0 Å². The minimum atomic E-state index is 0.0260. The summed E-state index contributed by atoms with van der Waals surface area (Å²) in [7, 11) is 1.74. The summed E-state index contributed by atoms with van der Waals surface area (Å²) in [4.78, 5) is 0. The fourth-order valence-corrected chi connectivity index (χ4v) is 1.65. The molecule has 0 heterocycles. The number of benzene rings is 1. The summed E-state index contributed by atoms with van der Waals surface area (Å²) < 4.78 is 5.17. The van der Waals surface area contributed by atoms with Crippen molar-refractivity contribution in [1.29, 1.82) is 0 Å². The van der Waals surface area contributed by atoms with Gasteiger partial charge in [-0.1, -0.05) is 31.2 Å². The largest absolute Gasteiger partial charge is 0.383 e. The van der Waals surface area contributed by atoms with E-state index in [1.165, 1.54) is 11.1 Å². The molecule has 0 aromatic heterocycles. The van der Waals surface area contributed by atoms with Crippen LogP contribution in [0.1, 0.15) is 31.9 Å². The Morgan fingerprint density at radius 2 is 1.69 bits per heavy atom. The van der Waals surface area contributed by atoms with Gasteiger partial charge in [-0.15, -0.1) is 0 Å². The van der Waals surface area contributed by atoms with Crippen molar-refractivity contribution in [2.75, 3.05) is 13.7 Å². The molecule has 0 saturated heterocycles. The zero-order valence-electron chi connectivity index (χ0n) is 10.8. The average molecular weight is 221 g/mol. The van der Waals surface area contributed by atoms with Gasteiger partial charge in [-0.05, 0) is 31.4 Å². The van der Waals surface area contributed by atoms with E-state index < -0.39 is 0 Å². The van der Waals surface area contributed by atoms with E-state index in [1.54, 1.807) is 7.11 Å². The molecule has 0 amide bonds. The predicted octanol–water partition coefficient (Wildman–Crippen LogP) is 2.76. The standard InChI is InChI=1S/C14H23NO/c1-5-12-6-8-13(9-7-12)10-15-14(2,3)11-16-4/h6-9,15H,5,10-11H2,1-4H3. The second-order valence-corrected chi connectivity index (χ2v) is 4.84. The van der Waals surface area contributed by atoms with Crippen molar-refractivity contribution >= 4 is 0 Å². The molecule has 2 nitrogen and oxygen atoms in total. The van der Waals surface area contributed by atoms with Gasteiger partial charge in [-0.3, -0.25) is 0 Å². The van der Waals surface area contributed by atoms with Crippen LogP contribution in [0, 0.1) is 0 Å². The Balaban J connectivity index is 2.48. The fraction of sp³-hybridized carbons (Fsp3) is 0.571. The highest BCUT2D eigenvalue weighted by Gasteiger charge is 2.15. The summed E-state index contributed by atoms with van der Waals surface area (Å²) in [5, 5.41) is 3.49. The third-order valence-electron chi connectivity index (χ3n) is 2.71. The van der Waals surface area contributed by atoms with Crippen LogP contribution in [0.25, 0.3) is 0 Å². The van der Waals surface area contributed by atoms with E-state index in [4.69, 9.17) is 4.74 Å². The summed E-state index contributed by atoms with van der Waals surface area (Å²) in [5.74, 6) is 0. The van der Waals surface area contributed by atoms with E-state index in [2.05, 4.69) is 50.4 Å². The van der Waals surface area contributed by atoms with Crippen molar-refractivity contribution in [3.63, 3.8) is 0 Å². The zero-order chi connectivity index (χ0) is 12.0. The molecule has 0 fully saturated rings. The van der Waals surface area contributed by atoms with Crippen LogP contribution in [0.3, 0.4) is 0 Å². The lowest BCUT2D eigenvalue weighted by molar-refractivity contribution is 0.128. The Bertz CT molecular complexity index is 303. The molecule has 1 aromatic carbocycles. The van der Waals surface area contributed by atoms with Crippen molar-refractivity contribution in [3.05, 3.63) is 35.4 Å². The lowest BCUT2D eigenvalue weighted by atomic mass is 10.1. The molecule has 1 aromatic rings. The number of aryl methyl sites for hydroxylation is 1. The quantitative estimate of drug-likeness (QED) is 0.797. The van der Waals surface area contributed by atoms with Gasteiger partial charge >= 0.3 is 0 Å². The number of ether oxygens (including phenoxy) is 1. The summed E-state index contributed by atoms with van der Waals surface area (Å²) in [5.41, 5.74) is 2.74. The molecule has 0 aliphatic heterocycles. The van der Waals surface area contributed by atoms with Crippen molar-refractivity contribution in [2.24, 2.45) is 0 Å². The van der Waals surface area contributed by atoms with Crippen LogP contribution >= 0.6 is 0 Å². The van der Waals surface area contributed by atoms with E-state index in [0.717, 1.165) is 19.6 Å². The van der Waals surface area contributed by atoms with Gasteiger partial charge in [0.25, 0.3) is 0 Å². The smallest absolute Gasteiger partial charge is 0.0639 e. The second-order valence-electron chi connectivity index (χ2n) is 4.84. The van der Waals surface area contributed by atoms with Crippen LogP contribution in [0.2, 0.25) is 0 Å². The third-order valence-corrected chi connectivity index (χ3v) is 2.71. The Labute approximate surface area is 99.0 Å². The molecular formula is C14H23NO. The molecule has 0 aliphatic rings. The molecule has 16 heavy (non-hydrogen) atoms. The molecule has 0 atom stereocenters. The van der Waals surface area contributed by atoms with E-state index >= 15 is 0 Å². The number of rotatable bonds is 6. The molecule has 0 spiro atoms. The Kier molecular flexibility index (Phi) is 4.97. The minimum absolute atomic E-state index is 0.0260. The van der Waals surface area contributed by atoms with E-state index in [9.17, 15) is 0 Å². The van der Waals surface area contributed by atoms with Crippen molar-refractivity contribution in [1.82, 2.24) is 5.32 Å². The van der Waals surface area contributed by atoms with E-state index in [0.29, 0.717) is 0 Å². The molecule has 2 heteroatoms. The van der Waals surface area contributed by atoms with E-state index in [1.807, 2.05) is 0 Å². The Morgan fingerprint density at radius 3 is 2.19 bits per heavy atom. The van der Waals surface area contributed by atoms with Crippen LogP contribution < -0.4 is 5.32 Å². The normalized spacial score (nSPS) is 11.8. The maximum Gasteiger partial charge on any atom is 0.0639 e. The molecule has 0 bridgehead atoms. The predicted molar refractivity (Wildman–Crippen MR) is 68.6 cm³/mol. The number of hydrogen-bond acceptors (Lipinski definition) is 2. The molecule has 90 valence electrons. The lowest BCUT2D eigenvalue weighted by Crippen LogP contribution is -2.42. The van der Waals surface area contributed by atoms with Gasteiger partial charge < -0.3 is 10.1 Å². The van der Waals surface area contributed by atoms with Crippen LogP contribution in [-0.4, -0.2) is 19.3 Å². The van der Waals surface area contributed by atoms with Crippen LogP contribution in [-0.2, 0) is 17.7 Å². The first-order chi connectivity index (χ1) is 7.57. The average Bonchev–Trinajstić information content (AvgIpc) is 2.27. The molecule has 0 unspecified atom stereocenters. The van der Waals surface area contributed by atoms with Crippen LogP contribution in [0.5, 0.6) is 0 Å². The molecule has 0 saturated carbocycles. The fourth-order valence-electron chi connectivity index (χ4n) is 1.65. The van der Waals surface area contributed by atoms with E-state index in [-0.39, 0.29) is 5.54 Å². The third kappa shape index (κ3) is 4.33. The van der Waals surface area contributed by atoms with Crippen LogP contribution in [0.4, 0.5) is 0 Å². The number of methoxy groups -OCH3 is 1. The lowest BCUT2D eigenvalue weighted by Gasteiger charge is -2.25. The summed E-state index contributed by atoms with van der Waals surface area (Å²) in [6, 6.07) is 8.77. The minimum Gasteiger partial charge on any atom is -0.383 e. The van der Waals surface area contributed by atoms with Gasteiger partial charge in [-0.25, -0.2) is 0 Å². The van der Waals surface area contributed by atoms with Gasteiger partial charge in [0.05, 0.1) is 6.61 Å². The second kappa shape index (κ2) is 6.02. The Morgan fingerprint density at radius 1 is 1.12 bits per heavy atom. The SMILES string of the molecule is CCc1ccc(CNC(C)(C)COC)cc1. The molecule has 1 N–H and O–H groups in total. The van der Waals surface area contributed by atoms with Crippen LogP contribution in [0.15, 0.2) is 24.3 Å². The zero-order valence-corrected chi connectivity index (χ0v) is 10.8. The van der Waals surface area contributed by atoms with Gasteiger partial charge in [0.1, 0.15) is 0 Å². The molecular weight excluding hydrogens is 198 g/mol. The number of hydrogen-bond donors (Lipinski definition) is 1. The highest BCUT2D eigenvalue weighted by molar-refractivity contribution is 5.22.